The van der Waals surface area contributed by atoms with Crippen LogP contribution in [0.5, 0.6) is 5.75 Å². The molecule has 0 aliphatic carbocycles. The van der Waals surface area contributed by atoms with E-state index in [9.17, 15) is 4.39 Å². The van der Waals surface area contributed by atoms with Crippen molar-refractivity contribution >= 4 is 0 Å². The first-order chi connectivity index (χ1) is 10.7. The van der Waals surface area contributed by atoms with Crippen LogP contribution in [0, 0.1) is 17.1 Å². The third-order valence-corrected chi connectivity index (χ3v) is 3.03. The molecule has 2 aromatic carbocycles. The molecule has 3 aromatic rings. The summed E-state index contributed by atoms with van der Waals surface area (Å²) in [6.07, 6.45) is 1.57. The first kappa shape index (κ1) is 13.8. The van der Waals surface area contributed by atoms with Gasteiger partial charge < -0.3 is 9.15 Å². The maximum atomic E-state index is 12.9. The van der Waals surface area contributed by atoms with Crippen molar-refractivity contribution in [3.63, 3.8) is 0 Å². The Bertz CT molecular complexity index is 802. The van der Waals surface area contributed by atoms with Gasteiger partial charge in [0.25, 0.3) is 0 Å². The molecule has 22 heavy (non-hydrogen) atoms. The molecule has 0 saturated carbocycles. The summed E-state index contributed by atoms with van der Waals surface area (Å²) < 4.78 is 24.0. The number of oxazole rings is 1. The molecule has 0 amide bonds. The molecule has 1 aromatic heterocycles. The molecule has 0 saturated heterocycles. The van der Waals surface area contributed by atoms with Crippen molar-refractivity contribution in [1.29, 1.82) is 5.26 Å². The SMILES string of the molecule is N#Cc1ccc(OCc2ncc(-c3ccc(F)cc3)o2)cc1. The van der Waals surface area contributed by atoms with Crippen LogP contribution >= 0.6 is 0 Å². The third-order valence-electron chi connectivity index (χ3n) is 3.03. The summed E-state index contributed by atoms with van der Waals surface area (Å²) >= 11 is 0. The molecule has 1 heterocycles. The zero-order chi connectivity index (χ0) is 15.4. The fourth-order valence-corrected chi connectivity index (χ4v) is 1.90. The summed E-state index contributed by atoms with van der Waals surface area (Å²) in [7, 11) is 0. The Morgan fingerprint density at radius 1 is 1.09 bits per heavy atom. The summed E-state index contributed by atoms with van der Waals surface area (Å²) in [5.74, 6) is 1.30. The van der Waals surface area contributed by atoms with Gasteiger partial charge in [-0.1, -0.05) is 0 Å². The largest absolute Gasteiger partial charge is 0.484 e. The fraction of sp³-hybridized carbons (Fsp3) is 0.0588. The van der Waals surface area contributed by atoms with E-state index < -0.39 is 0 Å². The summed E-state index contributed by atoms with van der Waals surface area (Å²) in [5.41, 5.74) is 1.32. The number of hydrogen-bond acceptors (Lipinski definition) is 4. The highest BCUT2D eigenvalue weighted by atomic mass is 19.1. The minimum atomic E-state index is -0.298. The first-order valence-electron chi connectivity index (χ1n) is 6.58. The molecule has 3 rings (SSSR count). The van der Waals surface area contributed by atoms with Crippen molar-refractivity contribution in [2.24, 2.45) is 0 Å². The lowest BCUT2D eigenvalue weighted by Gasteiger charge is -2.03. The van der Waals surface area contributed by atoms with E-state index in [1.165, 1.54) is 12.1 Å². The molecule has 0 N–H and O–H groups in total. The molecular weight excluding hydrogens is 283 g/mol. The van der Waals surface area contributed by atoms with E-state index in [0.717, 1.165) is 5.56 Å². The molecule has 0 bridgehead atoms. The molecule has 0 fully saturated rings. The Hall–Kier alpha value is -3.13. The van der Waals surface area contributed by atoms with Crippen LogP contribution in [-0.4, -0.2) is 4.98 Å². The lowest BCUT2D eigenvalue weighted by atomic mass is 10.2. The summed E-state index contributed by atoms with van der Waals surface area (Å²) in [6.45, 7) is 0.174. The van der Waals surface area contributed by atoms with Crippen LogP contribution in [0.3, 0.4) is 0 Å². The van der Waals surface area contributed by atoms with Gasteiger partial charge in [0, 0.05) is 5.56 Å². The highest BCUT2D eigenvalue weighted by Gasteiger charge is 2.07. The highest BCUT2D eigenvalue weighted by molar-refractivity contribution is 5.55. The quantitative estimate of drug-likeness (QED) is 0.731. The Morgan fingerprint density at radius 2 is 1.82 bits per heavy atom. The molecule has 0 radical (unpaired) electrons. The van der Waals surface area contributed by atoms with Gasteiger partial charge in [-0.2, -0.15) is 5.26 Å². The molecule has 108 valence electrons. The van der Waals surface area contributed by atoms with Gasteiger partial charge in [0.2, 0.25) is 5.89 Å². The van der Waals surface area contributed by atoms with E-state index in [4.69, 9.17) is 14.4 Å². The molecular formula is C17H11FN2O2. The summed E-state index contributed by atoms with van der Waals surface area (Å²) in [5, 5.41) is 8.73. The van der Waals surface area contributed by atoms with Crippen LogP contribution in [0.1, 0.15) is 11.5 Å². The Balaban J connectivity index is 1.66. The molecule has 0 spiro atoms. The predicted octanol–water partition coefficient (Wildman–Crippen LogP) is 3.93. The minimum absolute atomic E-state index is 0.174. The van der Waals surface area contributed by atoms with Gasteiger partial charge >= 0.3 is 0 Å². The van der Waals surface area contributed by atoms with E-state index in [0.29, 0.717) is 23.0 Å². The molecule has 0 atom stereocenters. The number of nitriles is 1. The molecule has 0 aliphatic rings. The van der Waals surface area contributed by atoms with Gasteiger partial charge in [0.1, 0.15) is 11.6 Å². The second-order valence-corrected chi connectivity index (χ2v) is 4.55. The Labute approximate surface area is 126 Å². The number of hydrogen-bond donors (Lipinski definition) is 0. The van der Waals surface area contributed by atoms with E-state index in [2.05, 4.69) is 4.98 Å². The smallest absolute Gasteiger partial charge is 0.232 e. The van der Waals surface area contributed by atoms with Crippen LogP contribution in [0.2, 0.25) is 0 Å². The normalized spacial score (nSPS) is 10.2. The Kier molecular flexibility index (Phi) is 3.84. The fourth-order valence-electron chi connectivity index (χ4n) is 1.90. The zero-order valence-corrected chi connectivity index (χ0v) is 11.5. The van der Waals surface area contributed by atoms with Gasteiger partial charge in [-0.05, 0) is 48.5 Å². The van der Waals surface area contributed by atoms with Crippen LogP contribution in [0.15, 0.2) is 59.1 Å². The van der Waals surface area contributed by atoms with Gasteiger partial charge in [-0.25, -0.2) is 9.37 Å². The average molecular weight is 294 g/mol. The number of benzene rings is 2. The number of ether oxygens (including phenoxy) is 1. The van der Waals surface area contributed by atoms with Crippen LogP contribution in [0.25, 0.3) is 11.3 Å². The predicted molar refractivity (Wildman–Crippen MR) is 77.4 cm³/mol. The van der Waals surface area contributed by atoms with Crippen molar-refractivity contribution in [2.45, 2.75) is 6.61 Å². The van der Waals surface area contributed by atoms with Gasteiger partial charge in [-0.3, -0.25) is 0 Å². The van der Waals surface area contributed by atoms with Crippen LogP contribution in [-0.2, 0) is 6.61 Å². The Morgan fingerprint density at radius 3 is 2.50 bits per heavy atom. The summed E-state index contributed by atoms with van der Waals surface area (Å²) in [4.78, 5) is 4.13. The van der Waals surface area contributed by atoms with Crippen LogP contribution in [0.4, 0.5) is 4.39 Å². The topological polar surface area (TPSA) is 59.0 Å². The second kappa shape index (κ2) is 6.10. The van der Waals surface area contributed by atoms with E-state index in [1.54, 1.807) is 42.6 Å². The number of nitrogens with zero attached hydrogens (tertiary/aromatic N) is 2. The average Bonchev–Trinajstić information content (AvgIpc) is 3.03. The van der Waals surface area contributed by atoms with Gasteiger partial charge in [0.15, 0.2) is 12.4 Å². The van der Waals surface area contributed by atoms with Crippen molar-refractivity contribution in [1.82, 2.24) is 4.98 Å². The standard InChI is InChI=1S/C17H11FN2O2/c18-14-5-3-13(4-6-14)16-10-20-17(22-16)11-21-15-7-1-12(9-19)2-8-15/h1-8,10H,11H2. The van der Waals surface area contributed by atoms with Crippen molar-refractivity contribution in [3.8, 4) is 23.1 Å². The highest BCUT2D eigenvalue weighted by Crippen LogP contribution is 2.21. The van der Waals surface area contributed by atoms with Crippen molar-refractivity contribution in [2.75, 3.05) is 0 Å². The summed E-state index contributed by atoms with van der Waals surface area (Å²) in [6, 6.07) is 14.8. The van der Waals surface area contributed by atoms with Gasteiger partial charge in [-0.15, -0.1) is 0 Å². The molecule has 5 heteroatoms. The number of halogens is 1. The number of aromatic nitrogens is 1. The number of rotatable bonds is 4. The monoisotopic (exact) mass is 294 g/mol. The van der Waals surface area contributed by atoms with E-state index in [1.807, 2.05) is 6.07 Å². The second-order valence-electron chi connectivity index (χ2n) is 4.55. The first-order valence-corrected chi connectivity index (χ1v) is 6.58. The molecule has 4 nitrogen and oxygen atoms in total. The maximum absolute atomic E-state index is 12.9. The molecule has 0 aliphatic heterocycles. The van der Waals surface area contributed by atoms with E-state index in [-0.39, 0.29) is 12.4 Å². The van der Waals surface area contributed by atoms with Crippen molar-refractivity contribution in [3.05, 3.63) is 72.0 Å². The maximum Gasteiger partial charge on any atom is 0.232 e. The lowest BCUT2D eigenvalue weighted by molar-refractivity contribution is 0.264. The molecule has 0 unspecified atom stereocenters. The zero-order valence-electron chi connectivity index (χ0n) is 11.5. The minimum Gasteiger partial charge on any atom is -0.484 e. The lowest BCUT2D eigenvalue weighted by Crippen LogP contribution is -1.95. The van der Waals surface area contributed by atoms with Gasteiger partial charge in [0.05, 0.1) is 17.8 Å². The van der Waals surface area contributed by atoms with Crippen molar-refractivity contribution < 1.29 is 13.5 Å². The van der Waals surface area contributed by atoms with Crippen LogP contribution < -0.4 is 4.74 Å². The third kappa shape index (κ3) is 3.13. The van der Waals surface area contributed by atoms with E-state index >= 15 is 0 Å².